The third kappa shape index (κ3) is 3.08. The molecule has 1 aromatic carbocycles. The van der Waals surface area contributed by atoms with Gasteiger partial charge in [-0.2, -0.15) is 11.8 Å². The van der Waals surface area contributed by atoms with Gasteiger partial charge in [-0.3, -0.25) is 0 Å². The number of benzene rings is 1. The summed E-state index contributed by atoms with van der Waals surface area (Å²) in [7, 11) is 0. The Labute approximate surface area is 129 Å². The fraction of sp³-hybridized carbons (Fsp3) is 0.600. The van der Waals surface area contributed by atoms with Crippen LogP contribution in [0.15, 0.2) is 18.2 Å². The smallest absolute Gasteiger partial charge is 0.124 e. The lowest BCUT2D eigenvalue weighted by Gasteiger charge is -2.37. The highest BCUT2D eigenvalue weighted by Crippen LogP contribution is 2.39. The molecule has 2 atom stereocenters. The van der Waals surface area contributed by atoms with E-state index in [1.54, 1.807) is 0 Å². The molecule has 0 aromatic heterocycles. The zero-order valence-electron chi connectivity index (χ0n) is 11.4. The fourth-order valence-electron chi connectivity index (χ4n) is 2.95. The predicted molar refractivity (Wildman–Crippen MR) is 83.6 cm³/mol. The van der Waals surface area contributed by atoms with Gasteiger partial charge in [-0.25, -0.2) is 0 Å². The molecule has 1 aromatic rings. The first-order valence-electron chi connectivity index (χ1n) is 7.08. The molecule has 110 valence electrons. The molecule has 0 amide bonds. The summed E-state index contributed by atoms with van der Waals surface area (Å²) in [6, 6.07) is 5.67. The molecule has 2 heterocycles. The van der Waals surface area contributed by atoms with E-state index in [0.717, 1.165) is 42.9 Å². The van der Waals surface area contributed by atoms with Gasteiger partial charge in [0.2, 0.25) is 0 Å². The van der Waals surface area contributed by atoms with E-state index < -0.39 is 0 Å². The maximum absolute atomic E-state index is 6.19. The summed E-state index contributed by atoms with van der Waals surface area (Å²) in [5, 5.41) is 0.702. The molecule has 2 unspecified atom stereocenters. The summed E-state index contributed by atoms with van der Waals surface area (Å²) in [6.45, 7) is 1.23. The van der Waals surface area contributed by atoms with Crippen LogP contribution in [0.5, 0.6) is 5.75 Å². The largest absolute Gasteiger partial charge is 0.490 e. The monoisotopic (exact) mass is 313 g/mol. The number of ether oxygens (including phenoxy) is 2. The van der Waals surface area contributed by atoms with Gasteiger partial charge in [-0.05, 0) is 30.4 Å². The minimum Gasteiger partial charge on any atom is -0.490 e. The van der Waals surface area contributed by atoms with Gasteiger partial charge in [-0.15, -0.1) is 0 Å². The first-order chi connectivity index (χ1) is 9.71. The predicted octanol–water partition coefficient (Wildman–Crippen LogP) is 3.23. The Kier molecular flexibility index (Phi) is 4.46. The van der Waals surface area contributed by atoms with Crippen molar-refractivity contribution in [3.63, 3.8) is 0 Å². The van der Waals surface area contributed by atoms with Crippen molar-refractivity contribution in [1.82, 2.24) is 0 Å². The van der Waals surface area contributed by atoms with Gasteiger partial charge in [0.05, 0.1) is 12.2 Å². The van der Waals surface area contributed by atoms with Crippen LogP contribution in [0.1, 0.15) is 24.8 Å². The van der Waals surface area contributed by atoms with Crippen LogP contribution >= 0.6 is 23.4 Å². The molecule has 2 aliphatic heterocycles. The average Bonchev–Trinajstić information content (AvgIpc) is 2.89. The minimum absolute atomic E-state index is 0.0445. The molecule has 2 aliphatic rings. The van der Waals surface area contributed by atoms with Gasteiger partial charge in [0.25, 0.3) is 0 Å². The maximum Gasteiger partial charge on any atom is 0.124 e. The Balaban J connectivity index is 1.71. The second-order valence-electron chi connectivity index (χ2n) is 5.52. The van der Waals surface area contributed by atoms with Gasteiger partial charge in [0.1, 0.15) is 11.9 Å². The Bertz CT molecular complexity index is 477. The third-order valence-electron chi connectivity index (χ3n) is 4.05. The molecule has 5 heteroatoms. The summed E-state index contributed by atoms with van der Waals surface area (Å²) >= 11 is 7.98. The summed E-state index contributed by atoms with van der Waals surface area (Å²) in [4.78, 5) is 0. The van der Waals surface area contributed by atoms with Crippen LogP contribution in [0.2, 0.25) is 5.02 Å². The Hall–Kier alpha value is -0.420. The normalized spacial score (nSPS) is 29.8. The zero-order valence-corrected chi connectivity index (χ0v) is 13.0. The van der Waals surface area contributed by atoms with Gasteiger partial charge in [0.15, 0.2) is 0 Å². The fourth-order valence-corrected chi connectivity index (χ4v) is 4.52. The highest BCUT2D eigenvalue weighted by molar-refractivity contribution is 7.99. The van der Waals surface area contributed by atoms with E-state index in [4.69, 9.17) is 26.8 Å². The van der Waals surface area contributed by atoms with Crippen molar-refractivity contribution in [3.05, 3.63) is 28.8 Å². The number of thioether (sulfide) groups is 1. The summed E-state index contributed by atoms with van der Waals surface area (Å²) in [5.74, 6) is 3.16. The lowest BCUT2D eigenvalue weighted by molar-refractivity contribution is -0.0960. The maximum atomic E-state index is 6.19. The lowest BCUT2D eigenvalue weighted by Crippen LogP contribution is -2.43. The second-order valence-corrected chi connectivity index (χ2v) is 7.06. The SMILES string of the molecule is NCc1cc(Cl)ccc1OC1CCOC2(CCSC2)C1. The van der Waals surface area contributed by atoms with Crippen molar-refractivity contribution in [2.45, 2.75) is 37.5 Å². The van der Waals surface area contributed by atoms with E-state index in [2.05, 4.69) is 0 Å². The first-order valence-corrected chi connectivity index (χ1v) is 8.61. The van der Waals surface area contributed by atoms with E-state index in [1.165, 1.54) is 5.75 Å². The standard InChI is InChI=1S/C15H20ClNO2S/c16-12-1-2-14(11(7-12)9-17)19-13-3-5-18-15(8-13)4-6-20-10-15/h1-2,7,13H,3-6,8-10,17H2. The molecular weight excluding hydrogens is 294 g/mol. The van der Waals surface area contributed by atoms with Crippen molar-refractivity contribution >= 4 is 23.4 Å². The summed E-state index contributed by atoms with van der Waals surface area (Å²) in [5.41, 5.74) is 6.79. The van der Waals surface area contributed by atoms with Crippen LogP contribution < -0.4 is 10.5 Å². The molecular formula is C15H20ClNO2S. The van der Waals surface area contributed by atoms with E-state index >= 15 is 0 Å². The van der Waals surface area contributed by atoms with Crippen molar-refractivity contribution < 1.29 is 9.47 Å². The average molecular weight is 314 g/mol. The zero-order chi connectivity index (χ0) is 14.0. The molecule has 3 rings (SSSR count). The molecule has 2 N–H and O–H groups in total. The Morgan fingerprint density at radius 1 is 1.50 bits per heavy atom. The second kappa shape index (κ2) is 6.14. The molecule has 0 radical (unpaired) electrons. The number of rotatable bonds is 3. The van der Waals surface area contributed by atoms with Gasteiger partial charge < -0.3 is 15.2 Å². The number of hydrogen-bond donors (Lipinski definition) is 1. The molecule has 2 saturated heterocycles. The van der Waals surface area contributed by atoms with Crippen LogP contribution in [0.4, 0.5) is 0 Å². The molecule has 20 heavy (non-hydrogen) atoms. The van der Waals surface area contributed by atoms with Crippen LogP contribution in [-0.2, 0) is 11.3 Å². The molecule has 0 saturated carbocycles. The van der Waals surface area contributed by atoms with Crippen LogP contribution in [-0.4, -0.2) is 29.8 Å². The number of hydrogen-bond acceptors (Lipinski definition) is 4. The summed E-state index contributed by atoms with van der Waals surface area (Å²) < 4.78 is 12.2. The van der Waals surface area contributed by atoms with Crippen LogP contribution in [0.3, 0.4) is 0 Å². The van der Waals surface area contributed by atoms with Crippen molar-refractivity contribution in [2.24, 2.45) is 5.73 Å². The van der Waals surface area contributed by atoms with Crippen LogP contribution in [0, 0.1) is 0 Å². The quantitative estimate of drug-likeness (QED) is 0.930. The van der Waals surface area contributed by atoms with E-state index in [1.807, 2.05) is 30.0 Å². The van der Waals surface area contributed by atoms with Crippen molar-refractivity contribution in [3.8, 4) is 5.75 Å². The Morgan fingerprint density at radius 2 is 2.40 bits per heavy atom. The van der Waals surface area contributed by atoms with E-state index in [9.17, 15) is 0 Å². The van der Waals surface area contributed by atoms with Gasteiger partial charge in [0, 0.05) is 35.7 Å². The van der Waals surface area contributed by atoms with Crippen molar-refractivity contribution in [1.29, 1.82) is 0 Å². The molecule has 2 fully saturated rings. The highest BCUT2D eigenvalue weighted by Gasteiger charge is 2.41. The van der Waals surface area contributed by atoms with Gasteiger partial charge >= 0.3 is 0 Å². The van der Waals surface area contributed by atoms with Gasteiger partial charge in [-0.1, -0.05) is 11.6 Å². The highest BCUT2D eigenvalue weighted by atomic mass is 35.5. The number of halogens is 1. The van der Waals surface area contributed by atoms with E-state index in [0.29, 0.717) is 11.6 Å². The van der Waals surface area contributed by atoms with E-state index in [-0.39, 0.29) is 11.7 Å². The topological polar surface area (TPSA) is 44.5 Å². The molecule has 0 aliphatic carbocycles. The first kappa shape index (κ1) is 14.5. The lowest BCUT2D eigenvalue weighted by atomic mass is 9.91. The van der Waals surface area contributed by atoms with Crippen molar-refractivity contribution in [2.75, 3.05) is 18.1 Å². The number of nitrogens with two attached hydrogens (primary N) is 1. The molecule has 3 nitrogen and oxygen atoms in total. The molecule has 0 bridgehead atoms. The van der Waals surface area contributed by atoms with Crippen LogP contribution in [0.25, 0.3) is 0 Å². The third-order valence-corrected chi connectivity index (χ3v) is 5.51. The molecule has 1 spiro atoms. The summed E-state index contributed by atoms with van der Waals surface area (Å²) in [6.07, 6.45) is 3.28. The minimum atomic E-state index is 0.0445. The Morgan fingerprint density at radius 3 is 3.15 bits per heavy atom.